The van der Waals surface area contributed by atoms with Crippen molar-refractivity contribution in [2.24, 2.45) is 5.73 Å². The highest BCUT2D eigenvalue weighted by Gasteiger charge is 2.39. The van der Waals surface area contributed by atoms with Crippen LogP contribution in [-0.2, 0) is 14.8 Å². The number of nitrogens with one attached hydrogen (secondary N) is 1. The Hall–Kier alpha value is -2.71. The van der Waals surface area contributed by atoms with Crippen molar-refractivity contribution in [3.63, 3.8) is 0 Å². The van der Waals surface area contributed by atoms with Crippen LogP contribution in [0.2, 0.25) is 0 Å². The molecule has 1 fully saturated rings. The van der Waals surface area contributed by atoms with Crippen LogP contribution >= 0.6 is 0 Å². The topological polar surface area (TPSA) is 110 Å². The average molecular weight is 373 g/mol. The molecular formula is C18H19N3O4S. The van der Waals surface area contributed by atoms with E-state index in [1.54, 1.807) is 30.3 Å². The van der Waals surface area contributed by atoms with Gasteiger partial charge in [-0.05, 0) is 49.2 Å². The summed E-state index contributed by atoms with van der Waals surface area (Å²) < 4.78 is 26.9. The molecule has 2 amide bonds. The number of sulfonamides is 1. The third-order valence-electron chi connectivity index (χ3n) is 4.29. The number of hydrogen-bond donors (Lipinski definition) is 2. The van der Waals surface area contributed by atoms with E-state index in [1.165, 1.54) is 28.6 Å². The lowest BCUT2D eigenvalue weighted by atomic mass is 10.2. The quantitative estimate of drug-likeness (QED) is 0.829. The van der Waals surface area contributed by atoms with Gasteiger partial charge in [-0.1, -0.05) is 18.2 Å². The molecule has 8 heteroatoms. The molecule has 3 N–H and O–H groups in total. The maximum Gasteiger partial charge on any atom is 0.248 e. The van der Waals surface area contributed by atoms with Gasteiger partial charge in [-0.2, -0.15) is 4.31 Å². The van der Waals surface area contributed by atoms with E-state index in [-0.39, 0.29) is 4.90 Å². The van der Waals surface area contributed by atoms with Gasteiger partial charge in [0.05, 0.1) is 4.90 Å². The van der Waals surface area contributed by atoms with Gasteiger partial charge >= 0.3 is 0 Å². The summed E-state index contributed by atoms with van der Waals surface area (Å²) >= 11 is 0. The van der Waals surface area contributed by atoms with Crippen LogP contribution in [0.1, 0.15) is 23.2 Å². The van der Waals surface area contributed by atoms with Crippen LogP contribution in [0.3, 0.4) is 0 Å². The summed E-state index contributed by atoms with van der Waals surface area (Å²) in [7, 11) is -3.73. The molecule has 2 aromatic rings. The summed E-state index contributed by atoms with van der Waals surface area (Å²) in [5, 5.41) is 2.71. The van der Waals surface area contributed by atoms with Crippen molar-refractivity contribution in [1.82, 2.24) is 4.31 Å². The van der Waals surface area contributed by atoms with Gasteiger partial charge in [0.2, 0.25) is 21.8 Å². The van der Waals surface area contributed by atoms with Gasteiger partial charge in [-0.25, -0.2) is 8.42 Å². The number of anilines is 1. The Morgan fingerprint density at radius 3 is 2.31 bits per heavy atom. The molecule has 1 atom stereocenters. The second kappa shape index (κ2) is 7.27. The first-order valence-corrected chi connectivity index (χ1v) is 9.61. The SMILES string of the molecule is NC(=O)c1ccc(NC(=O)C2CCCN2S(=O)(=O)c2ccccc2)cc1. The zero-order chi connectivity index (χ0) is 18.7. The highest BCUT2D eigenvalue weighted by molar-refractivity contribution is 7.89. The lowest BCUT2D eigenvalue weighted by Crippen LogP contribution is -2.43. The summed E-state index contributed by atoms with van der Waals surface area (Å²) in [4.78, 5) is 23.9. The van der Waals surface area contributed by atoms with E-state index < -0.39 is 27.9 Å². The lowest BCUT2D eigenvalue weighted by Gasteiger charge is -2.23. The van der Waals surface area contributed by atoms with Crippen molar-refractivity contribution in [2.45, 2.75) is 23.8 Å². The number of benzene rings is 2. The van der Waals surface area contributed by atoms with Gasteiger partial charge in [0, 0.05) is 17.8 Å². The van der Waals surface area contributed by atoms with Crippen LogP contribution in [0, 0.1) is 0 Å². The first kappa shape index (κ1) is 18.1. The second-order valence-electron chi connectivity index (χ2n) is 6.02. The van der Waals surface area contributed by atoms with E-state index >= 15 is 0 Å². The van der Waals surface area contributed by atoms with Crippen molar-refractivity contribution in [2.75, 3.05) is 11.9 Å². The second-order valence-corrected chi connectivity index (χ2v) is 7.91. The molecule has 1 heterocycles. The van der Waals surface area contributed by atoms with E-state index in [0.29, 0.717) is 30.6 Å². The molecule has 1 aliphatic rings. The van der Waals surface area contributed by atoms with Crippen LogP contribution in [-0.4, -0.2) is 37.1 Å². The highest BCUT2D eigenvalue weighted by Crippen LogP contribution is 2.27. The van der Waals surface area contributed by atoms with Gasteiger partial charge in [-0.15, -0.1) is 0 Å². The minimum absolute atomic E-state index is 0.172. The van der Waals surface area contributed by atoms with Crippen molar-refractivity contribution in [1.29, 1.82) is 0 Å². The van der Waals surface area contributed by atoms with E-state index in [4.69, 9.17) is 5.73 Å². The maximum atomic E-state index is 12.8. The Labute approximate surface area is 151 Å². The predicted molar refractivity (Wildman–Crippen MR) is 96.9 cm³/mol. The Bertz CT molecular complexity index is 911. The average Bonchev–Trinajstić information content (AvgIpc) is 3.14. The van der Waals surface area contributed by atoms with E-state index in [0.717, 1.165) is 0 Å². The number of primary amides is 1. The van der Waals surface area contributed by atoms with Crippen LogP contribution in [0.4, 0.5) is 5.69 Å². The molecule has 26 heavy (non-hydrogen) atoms. The molecule has 2 aromatic carbocycles. The van der Waals surface area contributed by atoms with E-state index in [1.807, 2.05) is 0 Å². The molecule has 136 valence electrons. The number of amides is 2. The van der Waals surface area contributed by atoms with E-state index in [2.05, 4.69) is 5.32 Å². The molecule has 0 spiro atoms. The number of nitrogens with zero attached hydrogens (tertiary/aromatic N) is 1. The minimum atomic E-state index is -3.73. The Morgan fingerprint density at radius 2 is 1.69 bits per heavy atom. The van der Waals surface area contributed by atoms with Crippen LogP contribution in [0.5, 0.6) is 0 Å². The molecule has 1 saturated heterocycles. The van der Waals surface area contributed by atoms with Gasteiger partial charge in [0.1, 0.15) is 6.04 Å². The lowest BCUT2D eigenvalue weighted by molar-refractivity contribution is -0.119. The number of nitrogens with two attached hydrogens (primary N) is 1. The number of hydrogen-bond acceptors (Lipinski definition) is 4. The third kappa shape index (κ3) is 3.61. The normalized spacial score (nSPS) is 17.8. The predicted octanol–water partition coefficient (Wildman–Crippen LogP) is 1.58. The monoisotopic (exact) mass is 373 g/mol. The van der Waals surface area contributed by atoms with Crippen molar-refractivity contribution in [3.8, 4) is 0 Å². The Morgan fingerprint density at radius 1 is 1.04 bits per heavy atom. The molecule has 3 rings (SSSR count). The summed E-state index contributed by atoms with van der Waals surface area (Å²) in [6.45, 7) is 0.302. The maximum absolute atomic E-state index is 12.8. The van der Waals surface area contributed by atoms with Crippen LogP contribution in [0.25, 0.3) is 0 Å². The molecule has 0 radical (unpaired) electrons. The van der Waals surface area contributed by atoms with Crippen LogP contribution in [0.15, 0.2) is 59.5 Å². The summed E-state index contributed by atoms with van der Waals surface area (Å²) in [6, 6.07) is 13.4. The van der Waals surface area contributed by atoms with Crippen LogP contribution < -0.4 is 11.1 Å². The van der Waals surface area contributed by atoms with Gasteiger partial charge in [0.15, 0.2) is 0 Å². The third-order valence-corrected chi connectivity index (χ3v) is 6.22. The smallest absolute Gasteiger partial charge is 0.248 e. The summed E-state index contributed by atoms with van der Waals surface area (Å²) in [5.41, 5.74) is 5.99. The first-order valence-electron chi connectivity index (χ1n) is 8.17. The van der Waals surface area contributed by atoms with Gasteiger partial charge < -0.3 is 11.1 Å². The standard InChI is InChI=1S/C18H19N3O4S/c19-17(22)13-8-10-14(11-9-13)20-18(23)16-7-4-12-21(16)26(24,25)15-5-2-1-3-6-15/h1-3,5-6,8-11,16H,4,7,12H2,(H2,19,22)(H,20,23). The van der Waals surface area contributed by atoms with Gasteiger partial charge in [0.25, 0.3) is 0 Å². The fourth-order valence-electron chi connectivity index (χ4n) is 2.96. The van der Waals surface area contributed by atoms with E-state index in [9.17, 15) is 18.0 Å². The summed E-state index contributed by atoms with van der Waals surface area (Å²) in [5.74, 6) is -0.951. The molecule has 7 nitrogen and oxygen atoms in total. The largest absolute Gasteiger partial charge is 0.366 e. The van der Waals surface area contributed by atoms with Crippen molar-refractivity contribution >= 4 is 27.5 Å². The number of carbonyl (C=O) groups excluding carboxylic acids is 2. The molecule has 0 aliphatic carbocycles. The molecule has 0 saturated carbocycles. The molecule has 0 aromatic heterocycles. The fourth-order valence-corrected chi connectivity index (χ4v) is 4.64. The number of rotatable bonds is 5. The fraction of sp³-hybridized carbons (Fsp3) is 0.222. The van der Waals surface area contributed by atoms with Crippen molar-refractivity contribution in [3.05, 3.63) is 60.2 Å². The zero-order valence-corrected chi connectivity index (χ0v) is 14.8. The molecule has 0 bridgehead atoms. The molecular weight excluding hydrogens is 354 g/mol. The molecule has 1 aliphatic heterocycles. The summed E-state index contributed by atoms with van der Waals surface area (Å²) in [6.07, 6.45) is 1.07. The highest BCUT2D eigenvalue weighted by atomic mass is 32.2. The molecule has 1 unspecified atom stereocenters. The van der Waals surface area contributed by atoms with Gasteiger partial charge in [-0.3, -0.25) is 9.59 Å². The Balaban J connectivity index is 1.77. The minimum Gasteiger partial charge on any atom is -0.366 e. The zero-order valence-electron chi connectivity index (χ0n) is 14.0. The van der Waals surface area contributed by atoms with Crippen molar-refractivity contribution < 1.29 is 18.0 Å². The Kier molecular flexibility index (Phi) is 5.06. The first-order chi connectivity index (χ1) is 12.4. The number of carbonyl (C=O) groups is 2.